The number of carbonyl (C=O) groups is 2. The lowest BCUT2D eigenvalue weighted by Gasteiger charge is -2.52. The van der Waals surface area contributed by atoms with Gasteiger partial charge in [-0.25, -0.2) is 19.4 Å². The molecule has 0 heterocycles. The van der Waals surface area contributed by atoms with Crippen LogP contribution in [0, 0.1) is 10.8 Å². The predicted octanol–water partition coefficient (Wildman–Crippen LogP) is 13.1. The van der Waals surface area contributed by atoms with Crippen LogP contribution in [0.1, 0.15) is 208 Å². The molecule has 2 atom stereocenters. The molecule has 6 N–H and O–H groups in total. The molecule has 2 aliphatic carbocycles. The number of hydrogen-bond donors (Lipinski definition) is 6. The molecule has 48 heavy (non-hydrogen) atoms. The average Bonchev–Trinajstić information content (AvgIpc) is 3.07. The standard InChI is InChI=1S/2C18H36O2.2CH2O3/c2*1-4-7-12-17(13-8-5-2)14-10-11-16-18(17,20-19)15-9-6-3;2*2-1(3)4/h2*19H,4-16H2,1-3H3;2*(H2,2,3,4). The second kappa shape index (κ2) is 28.1. The van der Waals surface area contributed by atoms with Crippen molar-refractivity contribution in [2.75, 3.05) is 0 Å². The molecule has 2 rings (SSSR count). The molecule has 0 spiro atoms. The largest absolute Gasteiger partial charge is 0.503 e. The minimum atomic E-state index is -1.83. The highest BCUT2D eigenvalue weighted by molar-refractivity contribution is 5.53. The van der Waals surface area contributed by atoms with Crippen molar-refractivity contribution in [3.63, 3.8) is 0 Å². The van der Waals surface area contributed by atoms with Crippen molar-refractivity contribution >= 4 is 12.3 Å². The van der Waals surface area contributed by atoms with E-state index in [0.717, 1.165) is 25.7 Å². The van der Waals surface area contributed by atoms with Gasteiger partial charge in [0.2, 0.25) is 0 Å². The Morgan fingerprint density at radius 2 is 0.646 bits per heavy atom. The van der Waals surface area contributed by atoms with Gasteiger partial charge in [-0.05, 0) is 64.2 Å². The summed E-state index contributed by atoms with van der Waals surface area (Å²) in [5, 5.41) is 47.5. The molecule has 2 fully saturated rings. The monoisotopic (exact) mass is 693 g/mol. The maximum Gasteiger partial charge on any atom is 0.503 e. The molecule has 288 valence electrons. The Morgan fingerprint density at radius 3 is 0.854 bits per heavy atom. The highest BCUT2D eigenvalue weighted by Gasteiger charge is 2.53. The first-order valence-corrected chi connectivity index (χ1v) is 19.4. The van der Waals surface area contributed by atoms with Gasteiger partial charge >= 0.3 is 12.3 Å². The second-order valence-electron chi connectivity index (χ2n) is 14.3. The molecule has 0 aromatic heterocycles. The first-order chi connectivity index (χ1) is 22.9. The highest BCUT2D eigenvalue weighted by Crippen LogP contribution is 2.56. The first kappa shape index (κ1) is 48.5. The number of rotatable bonds is 20. The molecule has 0 aromatic carbocycles. The van der Waals surface area contributed by atoms with Crippen LogP contribution in [0.5, 0.6) is 0 Å². The van der Waals surface area contributed by atoms with Crippen LogP contribution in [0.2, 0.25) is 0 Å². The third-order valence-electron chi connectivity index (χ3n) is 11.2. The zero-order valence-electron chi connectivity index (χ0n) is 31.7. The molecular formula is C38H76O10. The lowest BCUT2D eigenvalue weighted by atomic mass is 9.57. The van der Waals surface area contributed by atoms with Crippen LogP contribution < -0.4 is 0 Å². The third kappa shape index (κ3) is 16.9. The van der Waals surface area contributed by atoms with E-state index in [1.807, 2.05) is 0 Å². The molecule has 0 radical (unpaired) electrons. The summed E-state index contributed by atoms with van der Waals surface area (Å²) in [6, 6.07) is 0. The first-order valence-electron chi connectivity index (χ1n) is 19.4. The van der Waals surface area contributed by atoms with Gasteiger partial charge < -0.3 is 20.4 Å². The topological polar surface area (TPSA) is 174 Å². The Balaban J connectivity index is 0. The maximum absolute atomic E-state index is 9.80. The molecule has 2 saturated carbocycles. The Bertz CT molecular complexity index is 703. The van der Waals surface area contributed by atoms with Crippen molar-refractivity contribution in [1.82, 2.24) is 0 Å². The highest BCUT2D eigenvalue weighted by atomic mass is 17.1. The number of hydrogen-bond acceptors (Lipinski definition) is 6. The van der Waals surface area contributed by atoms with Crippen LogP contribution in [-0.4, -0.2) is 54.5 Å². The predicted molar refractivity (Wildman–Crippen MR) is 193 cm³/mol. The van der Waals surface area contributed by atoms with Crippen molar-refractivity contribution in [3.8, 4) is 0 Å². The molecule has 0 bridgehead atoms. The molecule has 2 aliphatic rings. The van der Waals surface area contributed by atoms with E-state index in [4.69, 9.17) is 39.8 Å². The van der Waals surface area contributed by atoms with Crippen molar-refractivity contribution in [2.45, 2.75) is 220 Å². The van der Waals surface area contributed by atoms with Gasteiger partial charge in [0, 0.05) is 10.8 Å². The lowest BCUT2D eigenvalue weighted by Crippen LogP contribution is -2.52. The second-order valence-corrected chi connectivity index (χ2v) is 14.3. The summed E-state index contributed by atoms with van der Waals surface area (Å²) >= 11 is 0. The van der Waals surface area contributed by atoms with Crippen LogP contribution in [0.15, 0.2) is 0 Å². The quantitative estimate of drug-likeness (QED) is 0.0532. The van der Waals surface area contributed by atoms with E-state index in [9.17, 15) is 10.5 Å². The van der Waals surface area contributed by atoms with Gasteiger partial charge in [-0.2, -0.15) is 0 Å². The summed E-state index contributed by atoms with van der Waals surface area (Å²) in [6.07, 6.45) is 27.7. The van der Waals surface area contributed by atoms with Crippen molar-refractivity contribution in [2.24, 2.45) is 10.8 Å². The number of carboxylic acid groups (broad SMARTS) is 4. The normalized spacial score (nSPS) is 22.5. The average molecular weight is 693 g/mol. The minimum Gasteiger partial charge on any atom is -0.450 e. The van der Waals surface area contributed by atoms with E-state index >= 15 is 0 Å². The van der Waals surface area contributed by atoms with Crippen LogP contribution >= 0.6 is 0 Å². The molecule has 2 unspecified atom stereocenters. The zero-order valence-corrected chi connectivity index (χ0v) is 31.7. The molecule has 10 nitrogen and oxygen atoms in total. The summed E-state index contributed by atoms with van der Waals surface area (Å²) in [5.74, 6) is 0. The van der Waals surface area contributed by atoms with Crippen LogP contribution in [0.25, 0.3) is 0 Å². The van der Waals surface area contributed by atoms with Crippen molar-refractivity contribution in [1.29, 1.82) is 0 Å². The molecular weight excluding hydrogens is 616 g/mol. The fourth-order valence-corrected chi connectivity index (χ4v) is 8.54. The Labute approximate surface area is 292 Å². The van der Waals surface area contributed by atoms with Gasteiger partial charge in [0.05, 0.1) is 0 Å². The van der Waals surface area contributed by atoms with Crippen LogP contribution in [0.4, 0.5) is 9.59 Å². The zero-order chi connectivity index (χ0) is 37.0. The third-order valence-corrected chi connectivity index (χ3v) is 11.2. The van der Waals surface area contributed by atoms with Crippen LogP contribution in [0.3, 0.4) is 0 Å². The molecule has 0 amide bonds. The molecule has 10 heteroatoms. The van der Waals surface area contributed by atoms with Gasteiger partial charge in [0.25, 0.3) is 0 Å². The fourth-order valence-electron chi connectivity index (χ4n) is 8.54. The van der Waals surface area contributed by atoms with E-state index in [0.29, 0.717) is 0 Å². The van der Waals surface area contributed by atoms with E-state index < -0.39 is 12.3 Å². The van der Waals surface area contributed by atoms with Gasteiger partial charge in [-0.15, -0.1) is 0 Å². The van der Waals surface area contributed by atoms with Crippen molar-refractivity contribution < 1.29 is 50.3 Å². The van der Waals surface area contributed by atoms with Gasteiger partial charge in [-0.3, -0.25) is 10.5 Å². The summed E-state index contributed by atoms with van der Waals surface area (Å²) in [4.78, 5) is 27.7. The van der Waals surface area contributed by atoms with E-state index in [2.05, 4.69) is 41.5 Å². The molecule has 0 aliphatic heterocycles. The van der Waals surface area contributed by atoms with E-state index in [-0.39, 0.29) is 22.0 Å². The molecule has 0 saturated heterocycles. The summed E-state index contributed by atoms with van der Waals surface area (Å²) < 4.78 is 0. The Hall–Kier alpha value is -1.62. The summed E-state index contributed by atoms with van der Waals surface area (Å²) in [6.45, 7) is 13.5. The Morgan fingerprint density at radius 1 is 0.438 bits per heavy atom. The van der Waals surface area contributed by atoms with E-state index in [1.165, 1.54) is 141 Å². The smallest absolute Gasteiger partial charge is 0.450 e. The minimum absolute atomic E-state index is 0.223. The van der Waals surface area contributed by atoms with Gasteiger partial charge in [0.15, 0.2) is 0 Å². The lowest BCUT2D eigenvalue weighted by molar-refractivity contribution is -0.367. The Kier molecular flexibility index (Phi) is 28.4. The fraction of sp³-hybridized carbons (Fsp3) is 0.947. The van der Waals surface area contributed by atoms with Crippen molar-refractivity contribution in [3.05, 3.63) is 0 Å². The summed E-state index contributed by atoms with van der Waals surface area (Å²) in [7, 11) is 0. The molecule has 0 aromatic rings. The number of unbranched alkanes of at least 4 members (excludes halogenated alkanes) is 6. The SMILES string of the molecule is CCCCC1(CCCC)CCCCC1(CCCC)OO.CCCCC1(CCCC)CCCCC1(CCCC)OO.O=C(O)O.O=C(O)O. The maximum atomic E-state index is 9.80. The van der Waals surface area contributed by atoms with Gasteiger partial charge in [0.1, 0.15) is 11.2 Å². The van der Waals surface area contributed by atoms with Crippen LogP contribution in [-0.2, 0) is 9.78 Å². The van der Waals surface area contributed by atoms with Gasteiger partial charge in [-0.1, -0.05) is 144 Å². The summed E-state index contributed by atoms with van der Waals surface area (Å²) in [5.41, 5.74) is -0.0699. The van der Waals surface area contributed by atoms with E-state index in [1.54, 1.807) is 0 Å².